The van der Waals surface area contributed by atoms with E-state index < -0.39 is 6.04 Å². The minimum Gasteiger partial charge on any atom is -0.458 e. The number of rotatable bonds is 2. The molecule has 3 aromatic heterocycles. The van der Waals surface area contributed by atoms with Gasteiger partial charge in [0.1, 0.15) is 28.2 Å². The molecule has 0 fully saturated rings. The molecular weight excluding hydrogens is 369 g/mol. The van der Waals surface area contributed by atoms with E-state index in [1.54, 1.807) is 36.4 Å². The van der Waals surface area contributed by atoms with Crippen molar-refractivity contribution in [3.63, 3.8) is 0 Å². The molecule has 0 aliphatic carbocycles. The van der Waals surface area contributed by atoms with Crippen molar-refractivity contribution in [3.8, 4) is 0 Å². The van der Waals surface area contributed by atoms with Gasteiger partial charge in [0.15, 0.2) is 0 Å². The van der Waals surface area contributed by atoms with Crippen molar-refractivity contribution in [2.45, 2.75) is 19.4 Å². The maximum Gasteiger partial charge on any atom is 0.285 e. The Labute approximate surface area is 156 Å². The van der Waals surface area contributed by atoms with Gasteiger partial charge in [-0.1, -0.05) is 17.4 Å². The van der Waals surface area contributed by atoms with E-state index in [9.17, 15) is 9.18 Å². The molecule has 4 aromatic rings. The van der Waals surface area contributed by atoms with Crippen LogP contribution in [-0.4, -0.2) is 37.5 Å². The lowest BCUT2D eigenvalue weighted by Gasteiger charge is -2.33. The zero-order valence-corrected chi connectivity index (χ0v) is 15.1. The second-order valence-corrected chi connectivity index (χ2v) is 7.53. The van der Waals surface area contributed by atoms with Crippen LogP contribution in [0.3, 0.4) is 0 Å². The highest BCUT2D eigenvalue weighted by atomic mass is 32.1. The lowest BCUT2D eigenvalue weighted by atomic mass is 10.00. The van der Waals surface area contributed by atoms with Gasteiger partial charge in [-0.15, -0.1) is 10.2 Å². The quantitative estimate of drug-likeness (QED) is 0.574. The summed E-state index contributed by atoms with van der Waals surface area (Å²) in [6.07, 6.45) is 2.24. The fourth-order valence-corrected chi connectivity index (χ4v) is 4.12. The zero-order chi connectivity index (χ0) is 18.5. The number of imidazole rings is 1. The Morgan fingerprint density at radius 3 is 3.07 bits per heavy atom. The summed E-state index contributed by atoms with van der Waals surface area (Å²) >= 11 is 1.25. The van der Waals surface area contributed by atoms with Crippen LogP contribution in [-0.2, 0) is 6.42 Å². The lowest BCUT2D eigenvalue weighted by molar-refractivity contribution is 0.0671. The number of aromatic amines is 1. The van der Waals surface area contributed by atoms with E-state index in [1.807, 2.05) is 0 Å². The third-order valence-corrected chi connectivity index (χ3v) is 5.52. The topological polar surface area (TPSA) is 87.9 Å². The lowest BCUT2D eigenvalue weighted by Crippen LogP contribution is -2.40. The third-order valence-electron chi connectivity index (χ3n) is 4.69. The van der Waals surface area contributed by atoms with Crippen molar-refractivity contribution in [1.29, 1.82) is 0 Å². The van der Waals surface area contributed by atoms with Gasteiger partial charge in [0.2, 0.25) is 5.01 Å². The first-order valence-electron chi connectivity index (χ1n) is 8.43. The molecule has 1 aromatic carbocycles. The van der Waals surface area contributed by atoms with Crippen molar-refractivity contribution in [2.75, 3.05) is 6.54 Å². The summed E-state index contributed by atoms with van der Waals surface area (Å²) in [5, 5.41) is 9.34. The second kappa shape index (κ2) is 5.98. The molecule has 136 valence electrons. The molecule has 5 rings (SSSR count). The van der Waals surface area contributed by atoms with Gasteiger partial charge < -0.3 is 14.3 Å². The number of halogens is 1. The highest BCUT2D eigenvalue weighted by molar-refractivity contribution is 7.13. The number of hydrogen-bond donors (Lipinski definition) is 1. The molecule has 1 amide bonds. The van der Waals surface area contributed by atoms with Crippen LogP contribution in [0.15, 0.2) is 35.0 Å². The number of hydrogen-bond acceptors (Lipinski definition) is 6. The van der Waals surface area contributed by atoms with Crippen molar-refractivity contribution < 1.29 is 13.6 Å². The normalized spacial score (nSPS) is 16.7. The summed E-state index contributed by atoms with van der Waals surface area (Å²) in [5.74, 6) is -0.129. The average molecular weight is 383 g/mol. The van der Waals surface area contributed by atoms with E-state index in [4.69, 9.17) is 4.42 Å². The van der Waals surface area contributed by atoms with Crippen LogP contribution in [0.1, 0.15) is 38.0 Å². The molecule has 0 spiro atoms. The Morgan fingerprint density at radius 1 is 1.41 bits per heavy atom. The maximum atomic E-state index is 14.1. The second-order valence-electron chi connectivity index (χ2n) is 6.34. The molecule has 1 N–H and O–H groups in total. The Balaban J connectivity index is 1.64. The molecule has 27 heavy (non-hydrogen) atoms. The first-order chi connectivity index (χ1) is 13.1. The molecule has 1 aliphatic heterocycles. The highest BCUT2D eigenvalue weighted by Gasteiger charge is 2.38. The first kappa shape index (κ1) is 16.1. The van der Waals surface area contributed by atoms with Gasteiger partial charge in [-0.3, -0.25) is 4.79 Å². The van der Waals surface area contributed by atoms with E-state index in [2.05, 4.69) is 20.2 Å². The first-order valence-corrected chi connectivity index (χ1v) is 9.24. The molecule has 1 aliphatic rings. The summed E-state index contributed by atoms with van der Waals surface area (Å²) in [5.41, 5.74) is 2.08. The van der Waals surface area contributed by atoms with Gasteiger partial charge in [-0.25, -0.2) is 9.37 Å². The van der Waals surface area contributed by atoms with Gasteiger partial charge in [0.25, 0.3) is 5.91 Å². The van der Waals surface area contributed by atoms with E-state index in [1.165, 1.54) is 17.4 Å². The number of benzene rings is 1. The van der Waals surface area contributed by atoms with E-state index in [-0.39, 0.29) is 11.7 Å². The average Bonchev–Trinajstić information content (AvgIpc) is 3.39. The minimum atomic E-state index is -0.552. The fraction of sp³-hybridized carbons (Fsp3) is 0.222. The molecular formula is C18H14FN5O2S. The number of aryl methyl sites for hydroxylation is 1. The van der Waals surface area contributed by atoms with Crippen molar-refractivity contribution in [1.82, 2.24) is 25.1 Å². The van der Waals surface area contributed by atoms with Crippen molar-refractivity contribution in [3.05, 3.63) is 63.6 Å². The number of amides is 1. The number of nitrogens with zero attached hydrogens (tertiary/aromatic N) is 4. The van der Waals surface area contributed by atoms with E-state index in [0.717, 1.165) is 10.7 Å². The number of aromatic nitrogens is 4. The predicted molar refractivity (Wildman–Crippen MR) is 96.0 cm³/mol. The molecule has 0 radical (unpaired) electrons. The minimum absolute atomic E-state index is 0.236. The van der Waals surface area contributed by atoms with E-state index in [0.29, 0.717) is 40.4 Å². The standard InChI is InChI=1S/C18H14FN5O2S/c1-9-22-23-17(27-9)18(25)24-6-5-12-15(21-8-20-12)16(24)14-7-10-11(19)3-2-4-13(10)26-14/h2-4,7-8,16H,5-6H2,1H3,(H,20,21)/t16-/m0/s1. The Morgan fingerprint density at radius 2 is 2.30 bits per heavy atom. The van der Waals surface area contributed by atoms with Crippen LogP contribution in [0, 0.1) is 12.7 Å². The Hall–Kier alpha value is -3.07. The van der Waals surface area contributed by atoms with Gasteiger partial charge in [-0.05, 0) is 25.1 Å². The number of H-pyrrole nitrogens is 1. The van der Waals surface area contributed by atoms with Gasteiger partial charge in [0.05, 0.1) is 17.4 Å². The highest BCUT2D eigenvalue weighted by Crippen LogP contribution is 2.37. The van der Waals surface area contributed by atoms with Crippen LogP contribution in [0.25, 0.3) is 11.0 Å². The Bertz CT molecular complexity index is 1160. The molecule has 7 nitrogen and oxygen atoms in total. The summed E-state index contributed by atoms with van der Waals surface area (Å²) in [6.45, 7) is 2.27. The number of fused-ring (bicyclic) bond motifs is 2. The van der Waals surface area contributed by atoms with Crippen LogP contribution in [0.2, 0.25) is 0 Å². The largest absolute Gasteiger partial charge is 0.458 e. The Kier molecular flexibility index (Phi) is 3.57. The summed E-state index contributed by atoms with van der Waals surface area (Å²) in [7, 11) is 0. The van der Waals surface area contributed by atoms with E-state index >= 15 is 0 Å². The monoisotopic (exact) mass is 383 g/mol. The van der Waals surface area contributed by atoms with Crippen molar-refractivity contribution in [2.24, 2.45) is 0 Å². The predicted octanol–water partition coefficient (Wildman–Crippen LogP) is 3.24. The SMILES string of the molecule is Cc1nnc(C(=O)N2CCc3[nH]cnc3[C@@H]2c2cc3c(F)cccc3o2)s1. The van der Waals surface area contributed by atoms with Gasteiger partial charge in [-0.2, -0.15) is 0 Å². The smallest absolute Gasteiger partial charge is 0.285 e. The van der Waals surface area contributed by atoms with Crippen molar-refractivity contribution >= 4 is 28.2 Å². The molecule has 4 heterocycles. The number of furan rings is 1. The molecule has 0 bridgehead atoms. The summed E-state index contributed by atoms with van der Waals surface area (Å²) in [6, 6.07) is 5.78. The molecule has 9 heteroatoms. The van der Waals surface area contributed by atoms with Crippen LogP contribution in [0.4, 0.5) is 4.39 Å². The molecule has 1 atom stereocenters. The van der Waals surface area contributed by atoms with Crippen LogP contribution >= 0.6 is 11.3 Å². The van der Waals surface area contributed by atoms with Gasteiger partial charge >= 0.3 is 0 Å². The number of nitrogens with one attached hydrogen (secondary N) is 1. The maximum absolute atomic E-state index is 14.1. The zero-order valence-electron chi connectivity index (χ0n) is 14.3. The third kappa shape index (κ3) is 2.54. The summed E-state index contributed by atoms with van der Waals surface area (Å²) in [4.78, 5) is 22.3. The van der Waals surface area contributed by atoms with Gasteiger partial charge in [0, 0.05) is 18.7 Å². The molecule has 0 saturated carbocycles. The number of carbonyl (C=O) groups excluding carboxylic acids is 1. The molecule has 0 saturated heterocycles. The van der Waals surface area contributed by atoms with Crippen LogP contribution < -0.4 is 0 Å². The number of carbonyl (C=O) groups is 1. The van der Waals surface area contributed by atoms with Crippen LogP contribution in [0.5, 0.6) is 0 Å². The summed E-state index contributed by atoms with van der Waals surface area (Å²) < 4.78 is 20.1. The fourth-order valence-electron chi connectivity index (χ4n) is 3.47. The molecule has 0 unspecified atom stereocenters.